The molecule has 0 atom stereocenters. The summed E-state index contributed by atoms with van der Waals surface area (Å²) in [6, 6.07) is 21.4. The molecule has 3 rings (SSSR count). The van der Waals surface area contributed by atoms with Gasteiger partial charge < -0.3 is 14.2 Å². The molecular weight excluding hydrogens is 476 g/mol. The first kappa shape index (κ1) is 23.3. The van der Waals surface area contributed by atoms with Gasteiger partial charge in [-0.05, 0) is 64.0 Å². The molecule has 0 fully saturated rings. The zero-order valence-electron chi connectivity index (χ0n) is 17.5. The summed E-state index contributed by atoms with van der Waals surface area (Å²) in [6.45, 7) is 1.29. The Hall–Kier alpha value is -3.36. The molecule has 0 aliphatic carbocycles. The van der Waals surface area contributed by atoms with E-state index >= 15 is 0 Å². The number of halogens is 1. The van der Waals surface area contributed by atoms with E-state index in [2.05, 4.69) is 26.8 Å². The first-order valence-corrected chi connectivity index (χ1v) is 10.6. The largest absolute Gasteiger partial charge is 0.490 e. The van der Waals surface area contributed by atoms with Crippen molar-refractivity contribution in [2.75, 3.05) is 20.3 Å². The second kappa shape index (κ2) is 11.9. The maximum absolute atomic E-state index is 12.4. The number of carbonyl (C=O) groups excluding carboxylic acids is 2. The van der Waals surface area contributed by atoms with E-state index in [1.165, 1.54) is 0 Å². The van der Waals surface area contributed by atoms with E-state index in [0.29, 0.717) is 46.9 Å². The van der Waals surface area contributed by atoms with Crippen molar-refractivity contribution in [3.63, 3.8) is 0 Å². The van der Waals surface area contributed by atoms with Crippen LogP contribution in [0.25, 0.3) is 0 Å². The highest BCUT2D eigenvalue weighted by Gasteiger charge is 2.12. The highest BCUT2D eigenvalue weighted by Crippen LogP contribution is 2.26. The molecule has 2 amide bonds. The number of amides is 2. The minimum atomic E-state index is -0.453. The highest BCUT2D eigenvalue weighted by atomic mass is 79.9. The molecule has 0 saturated carbocycles. The Bertz CT molecular complexity index is 1040. The van der Waals surface area contributed by atoms with Crippen molar-refractivity contribution >= 4 is 27.7 Å². The molecule has 3 aromatic rings. The Kier molecular flexibility index (Phi) is 8.65. The van der Waals surface area contributed by atoms with E-state index in [4.69, 9.17) is 14.2 Å². The summed E-state index contributed by atoms with van der Waals surface area (Å²) in [6.07, 6.45) is 0. The Morgan fingerprint density at radius 1 is 0.812 bits per heavy atom. The predicted octanol–water partition coefficient (Wildman–Crippen LogP) is 4.13. The fourth-order valence-electron chi connectivity index (χ4n) is 2.70. The third-order valence-electron chi connectivity index (χ3n) is 4.39. The molecule has 3 aromatic carbocycles. The van der Waals surface area contributed by atoms with Crippen LogP contribution in [0.3, 0.4) is 0 Å². The molecule has 166 valence electrons. The van der Waals surface area contributed by atoms with Crippen molar-refractivity contribution in [2.45, 2.75) is 6.61 Å². The standard InChI is InChI=1S/C24H23BrN2O5/c1-30-13-14-31-22-12-9-19(15-21(22)25)24(29)27-26-23(28)18-7-10-20(11-8-18)32-16-17-5-3-2-4-6-17/h2-12,15H,13-14,16H2,1H3,(H,26,28)(H,27,29). The van der Waals surface area contributed by atoms with Gasteiger partial charge in [0.25, 0.3) is 11.8 Å². The smallest absolute Gasteiger partial charge is 0.269 e. The van der Waals surface area contributed by atoms with E-state index in [1.807, 2.05) is 30.3 Å². The molecule has 0 bridgehead atoms. The molecule has 8 heteroatoms. The number of hydrogen-bond acceptors (Lipinski definition) is 5. The lowest BCUT2D eigenvalue weighted by Gasteiger charge is -2.11. The second-order valence-corrected chi connectivity index (χ2v) is 7.55. The van der Waals surface area contributed by atoms with Crippen molar-refractivity contribution in [3.05, 3.63) is 94.0 Å². The van der Waals surface area contributed by atoms with Crippen LogP contribution in [0.15, 0.2) is 77.3 Å². The molecule has 0 aliphatic heterocycles. The van der Waals surface area contributed by atoms with E-state index in [0.717, 1.165) is 5.56 Å². The van der Waals surface area contributed by atoms with Gasteiger partial charge >= 0.3 is 0 Å². The highest BCUT2D eigenvalue weighted by molar-refractivity contribution is 9.10. The summed E-state index contributed by atoms with van der Waals surface area (Å²) < 4.78 is 16.8. The van der Waals surface area contributed by atoms with Gasteiger partial charge in [0.1, 0.15) is 24.7 Å². The van der Waals surface area contributed by atoms with E-state index in [-0.39, 0.29) is 0 Å². The summed E-state index contributed by atoms with van der Waals surface area (Å²) >= 11 is 3.37. The van der Waals surface area contributed by atoms with Gasteiger partial charge in [-0.2, -0.15) is 0 Å². The summed E-state index contributed by atoms with van der Waals surface area (Å²) in [5.74, 6) is 0.348. The van der Waals surface area contributed by atoms with Gasteiger partial charge in [-0.1, -0.05) is 30.3 Å². The Morgan fingerprint density at radius 3 is 2.12 bits per heavy atom. The van der Waals surface area contributed by atoms with Crippen LogP contribution in [0.1, 0.15) is 26.3 Å². The molecule has 0 radical (unpaired) electrons. The molecule has 0 heterocycles. The van der Waals surface area contributed by atoms with Crippen LogP contribution in [-0.2, 0) is 11.3 Å². The average molecular weight is 499 g/mol. The van der Waals surface area contributed by atoms with Crippen LogP contribution >= 0.6 is 15.9 Å². The lowest BCUT2D eigenvalue weighted by Crippen LogP contribution is -2.41. The molecule has 2 N–H and O–H groups in total. The number of carbonyl (C=O) groups is 2. The maximum Gasteiger partial charge on any atom is 0.269 e. The predicted molar refractivity (Wildman–Crippen MR) is 124 cm³/mol. The molecule has 0 aliphatic rings. The van der Waals surface area contributed by atoms with Crippen LogP contribution in [0.4, 0.5) is 0 Å². The molecule has 0 aromatic heterocycles. The van der Waals surface area contributed by atoms with Crippen molar-refractivity contribution in [1.82, 2.24) is 10.9 Å². The first-order valence-electron chi connectivity index (χ1n) is 9.85. The van der Waals surface area contributed by atoms with Gasteiger partial charge in [0.2, 0.25) is 0 Å². The van der Waals surface area contributed by atoms with E-state index < -0.39 is 11.8 Å². The topological polar surface area (TPSA) is 85.9 Å². The van der Waals surface area contributed by atoms with Gasteiger partial charge in [0.05, 0.1) is 11.1 Å². The number of nitrogens with one attached hydrogen (secondary N) is 2. The summed E-state index contributed by atoms with van der Waals surface area (Å²) in [5, 5.41) is 0. The molecule has 0 spiro atoms. The summed E-state index contributed by atoms with van der Waals surface area (Å²) in [7, 11) is 1.59. The second-order valence-electron chi connectivity index (χ2n) is 6.69. The molecule has 0 saturated heterocycles. The van der Waals surface area contributed by atoms with Crippen molar-refractivity contribution < 1.29 is 23.8 Å². The summed E-state index contributed by atoms with van der Waals surface area (Å²) in [5.41, 5.74) is 6.62. The van der Waals surface area contributed by atoms with E-state index in [9.17, 15) is 9.59 Å². The van der Waals surface area contributed by atoms with Crippen molar-refractivity contribution in [1.29, 1.82) is 0 Å². The number of ether oxygens (including phenoxy) is 3. The van der Waals surface area contributed by atoms with Crippen LogP contribution < -0.4 is 20.3 Å². The fourth-order valence-corrected chi connectivity index (χ4v) is 3.19. The molecule has 7 nitrogen and oxygen atoms in total. The third-order valence-corrected chi connectivity index (χ3v) is 5.01. The van der Waals surface area contributed by atoms with Gasteiger partial charge in [0.15, 0.2) is 0 Å². The maximum atomic E-state index is 12.4. The minimum Gasteiger partial charge on any atom is -0.490 e. The minimum absolute atomic E-state index is 0.362. The van der Waals surface area contributed by atoms with E-state index in [1.54, 1.807) is 49.6 Å². The normalized spacial score (nSPS) is 10.3. The van der Waals surface area contributed by atoms with Crippen LogP contribution in [0.5, 0.6) is 11.5 Å². The van der Waals surface area contributed by atoms with Gasteiger partial charge in [-0.3, -0.25) is 20.4 Å². The third kappa shape index (κ3) is 6.83. The average Bonchev–Trinajstić information content (AvgIpc) is 2.83. The number of benzene rings is 3. The molecule has 0 unspecified atom stereocenters. The lowest BCUT2D eigenvalue weighted by atomic mass is 10.2. The quantitative estimate of drug-likeness (QED) is 0.342. The zero-order chi connectivity index (χ0) is 22.8. The van der Waals surface area contributed by atoms with Gasteiger partial charge in [-0.25, -0.2) is 0 Å². The number of hydrazine groups is 1. The zero-order valence-corrected chi connectivity index (χ0v) is 19.1. The van der Waals surface area contributed by atoms with Crippen LogP contribution in [0.2, 0.25) is 0 Å². The monoisotopic (exact) mass is 498 g/mol. The Labute approximate surface area is 194 Å². The van der Waals surface area contributed by atoms with Crippen molar-refractivity contribution in [3.8, 4) is 11.5 Å². The Balaban J connectivity index is 1.49. The van der Waals surface area contributed by atoms with Crippen molar-refractivity contribution in [2.24, 2.45) is 0 Å². The fraction of sp³-hybridized carbons (Fsp3) is 0.167. The van der Waals surface area contributed by atoms with Crippen LogP contribution in [-0.4, -0.2) is 32.1 Å². The molecular formula is C24H23BrN2O5. The van der Waals surface area contributed by atoms with Gasteiger partial charge in [0, 0.05) is 18.2 Å². The SMILES string of the molecule is COCCOc1ccc(C(=O)NNC(=O)c2ccc(OCc3ccccc3)cc2)cc1Br. The number of hydrogen-bond donors (Lipinski definition) is 2. The number of rotatable bonds is 9. The first-order chi connectivity index (χ1) is 15.6. The molecule has 32 heavy (non-hydrogen) atoms. The lowest BCUT2D eigenvalue weighted by molar-refractivity contribution is 0.0846. The number of methoxy groups -OCH3 is 1. The Morgan fingerprint density at radius 2 is 1.47 bits per heavy atom. The van der Waals surface area contributed by atoms with Gasteiger partial charge in [-0.15, -0.1) is 0 Å². The van der Waals surface area contributed by atoms with Crippen LogP contribution in [0, 0.1) is 0 Å². The summed E-state index contributed by atoms with van der Waals surface area (Å²) in [4.78, 5) is 24.7.